The van der Waals surface area contributed by atoms with Gasteiger partial charge >= 0.3 is 0 Å². The molecule has 0 bridgehead atoms. The number of morpholine rings is 1. The summed E-state index contributed by atoms with van der Waals surface area (Å²) in [5.74, 6) is 0.720. The van der Waals surface area contributed by atoms with Crippen LogP contribution in [0.15, 0.2) is 22.7 Å². The van der Waals surface area contributed by atoms with Gasteiger partial charge in [-0.15, -0.1) is 0 Å². The number of hydrogen-bond donors (Lipinski definition) is 1. The van der Waals surface area contributed by atoms with Crippen LogP contribution in [0.5, 0.6) is 5.75 Å². The number of nitrogens with two attached hydrogens (primary N) is 1. The van der Waals surface area contributed by atoms with Gasteiger partial charge in [-0.05, 0) is 43.7 Å². The Bertz CT molecular complexity index is 490. The third-order valence-corrected chi connectivity index (χ3v) is 3.90. The maximum atomic E-state index is 12.3. The zero-order valence-corrected chi connectivity index (χ0v) is 13.8. The van der Waals surface area contributed by atoms with Gasteiger partial charge in [0.05, 0.1) is 13.2 Å². The van der Waals surface area contributed by atoms with Gasteiger partial charge in [-0.2, -0.15) is 0 Å². The van der Waals surface area contributed by atoms with Gasteiger partial charge in [0.1, 0.15) is 5.75 Å². The summed E-state index contributed by atoms with van der Waals surface area (Å²) in [7, 11) is 0. The van der Waals surface area contributed by atoms with Crippen LogP contribution in [0, 0.1) is 0 Å². The molecule has 1 heterocycles. The minimum atomic E-state index is -0.513. The van der Waals surface area contributed by atoms with E-state index in [1.54, 1.807) is 11.8 Å². The Morgan fingerprint density at radius 2 is 2.19 bits per heavy atom. The van der Waals surface area contributed by atoms with Gasteiger partial charge in [-0.3, -0.25) is 4.79 Å². The van der Waals surface area contributed by atoms with Crippen LogP contribution in [0.2, 0.25) is 0 Å². The molecule has 1 saturated heterocycles. The lowest BCUT2D eigenvalue weighted by Gasteiger charge is -2.29. The SMILES string of the molecule is CC(Oc1ccc(Br)cc1CCN)C(=O)N1CCOCC1. The molecule has 0 aromatic heterocycles. The third-order valence-electron chi connectivity index (χ3n) is 3.41. The zero-order chi connectivity index (χ0) is 15.2. The fraction of sp³-hybridized carbons (Fsp3) is 0.533. The predicted octanol–water partition coefficient (Wildman–Crippen LogP) is 1.58. The molecule has 6 heteroatoms. The lowest BCUT2D eigenvalue weighted by Crippen LogP contribution is -2.46. The highest BCUT2D eigenvalue weighted by molar-refractivity contribution is 9.10. The lowest BCUT2D eigenvalue weighted by molar-refractivity contribution is -0.142. The lowest BCUT2D eigenvalue weighted by atomic mass is 10.1. The molecular weight excluding hydrogens is 336 g/mol. The van der Waals surface area contributed by atoms with Gasteiger partial charge in [0.2, 0.25) is 0 Å². The minimum absolute atomic E-state index is 0.0000766. The zero-order valence-electron chi connectivity index (χ0n) is 12.2. The molecular formula is C15H21BrN2O3. The number of hydrogen-bond acceptors (Lipinski definition) is 4. The molecule has 1 aliphatic heterocycles. The summed E-state index contributed by atoms with van der Waals surface area (Å²) in [6, 6.07) is 5.76. The molecule has 1 atom stereocenters. The van der Waals surface area contributed by atoms with Gasteiger partial charge in [0, 0.05) is 17.6 Å². The quantitative estimate of drug-likeness (QED) is 0.869. The van der Waals surface area contributed by atoms with Crippen molar-refractivity contribution < 1.29 is 14.3 Å². The molecule has 0 saturated carbocycles. The van der Waals surface area contributed by atoms with Crippen LogP contribution in [-0.2, 0) is 16.0 Å². The standard InChI is InChI=1S/C15H21BrN2O3/c1-11(15(19)18-6-8-20-9-7-18)21-14-3-2-13(16)10-12(14)4-5-17/h2-3,10-11H,4-9,17H2,1H3. The van der Waals surface area contributed by atoms with Crippen molar-refractivity contribution in [2.24, 2.45) is 5.73 Å². The highest BCUT2D eigenvalue weighted by atomic mass is 79.9. The van der Waals surface area contributed by atoms with Crippen molar-refractivity contribution >= 4 is 21.8 Å². The van der Waals surface area contributed by atoms with Crippen LogP contribution in [0.1, 0.15) is 12.5 Å². The monoisotopic (exact) mass is 356 g/mol. The van der Waals surface area contributed by atoms with E-state index in [1.807, 2.05) is 18.2 Å². The summed E-state index contributed by atoms with van der Waals surface area (Å²) >= 11 is 3.44. The molecule has 1 amide bonds. The largest absolute Gasteiger partial charge is 0.481 e. The second-order valence-corrected chi connectivity index (χ2v) is 5.90. The summed E-state index contributed by atoms with van der Waals surface area (Å²) in [6.07, 6.45) is 0.202. The van der Waals surface area contributed by atoms with Crippen molar-refractivity contribution in [2.75, 3.05) is 32.8 Å². The van der Waals surface area contributed by atoms with E-state index in [2.05, 4.69) is 15.9 Å². The van der Waals surface area contributed by atoms with E-state index in [4.69, 9.17) is 15.2 Å². The highest BCUT2D eigenvalue weighted by Gasteiger charge is 2.24. The fourth-order valence-electron chi connectivity index (χ4n) is 2.30. The van der Waals surface area contributed by atoms with Gasteiger partial charge in [0.15, 0.2) is 6.10 Å². The number of benzene rings is 1. The van der Waals surface area contributed by atoms with Crippen LogP contribution >= 0.6 is 15.9 Å². The molecule has 0 aliphatic carbocycles. The Morgan fingerprint density at radius 1 is 1.48 bits per heavy atom. The molecule has 116 valence electrons. The van der Waals surface area contributed by atoms with Crippen LogP contribution < -0.4 is 10.5 Å². The average Bonchev–Trinajstić information content (AvgIpc) is 2.50. The summed E-state index contributed by atoms with van der Waals surface area (Å²) in [4.78, 5) is 14.1. The number of halogens is 1. The summed E-state index contributed by atoms with van der Waals surface area (Å²) in [5, 5.41) is 0. The number of carbonyl (C=O) groups excluding carboxylic acids is 1. The first kappa shape index (κ1) is 16.3. The van der Waals surface area contributed by atoms with E-state index in [0.717, 1.165) is 15.8 Å². The van der Waals surface area contributed by atoms with Crippen molar-refractivity contribution in [2.45, 2.75) is 19.4 Å². The topological polar surface area (TPSA) is 64.8 Å². The molecule has 0 spiro atoms. The summed E-state index contributed by atoms with van der Waals surface area (Å²) in [6.45, 7) is 4.76. The van der Waals surface area contributed by atoms with Crippen molar-refractivity contribution in [3.8, 4) is 5.75 Å². The van der Waals surface area contributed by atoms with Gasteiger partial charge in [-0.1, -0.05) is 15.9 Å². The Morgan fingerprint density at radius 3 is 2.86 bits per heavy atom. The highest BCUT2D eigenvalue weighted by Crippen LogP contribution is 2.25. The number of rotatable bonds is 5. The third kappa shape index (κ3) is 4.43. The van der Waals surface area contributed by atoms with Gasteiger partial charge in [-0.25, -0.2) is 0 Å². The number of amides is 1. The van der Waals surface area contributed by atoms with Gasteiger partial charge in [0.25, 0.3) is 5.91 Å². The molecule has 2 N–H and O–H groups in total. The van der Waals surface area contributed by atoms with Crippen LogP contribution in [0.4, 0.5) is 0 Å². The first-order chi connectivity index (χ1) is 10.1. The van der Waals surface area contributed by atoms with E-state index >= 15 is 0 Å². The molecule has 2 rings (SSSR count). The fourth-order valence-corrected chi connectivity index (χ4v) is 2.70. The minimum Gasteiger partial charge on any atom is -0.481 e. The second kappa shape index (κ2) is 7.77. The number of ether oxygens (including phenoxy) is 2. The molecule has 1 aliphatic rings. The van der Waals surface area contributed by atoms with Crippen LogP contribution in [0.3, 0.4) is 0 Å². The van der Waals surface area contributed by atoms with Crippen LogP contribution in [-0.4, -0.2) is 49.8 Å². The average molecular weight is 357 g/mol. The Hall–Kier alpha value is -1.11. The molecule has 1 unspecified atom stereocenters. The Kier molecular flexibility index (Phi) is 6.02. The Labute approximate surface area is 133 Å². The molecule has 1 fully saturated rings. The van der Waals surface area contributed by atoms with Crippen molar-refractivity contribution in [1.29, 1.82) is 0 Å². The number of nitrogens with zero attached hydrogens (tertiary/aromatic N) is 1. The Balaban J connectivity index is 2.04. The second-order valence-electron chi connectivity index (χ2n) is 4.99. The predicted molar refractivity (Wildman–Crippen MR) is 84.4 cm³/mol. The summed E-state index contributed by atoms with van der Waals surface area (Å²) in [5.41, 5.74) is 6.63. The normalized spacial score (nSPS) is 16.6. The molecule has 5 nitrogen and oxygen atoms in total. The van der Waals surface area contributed by atoms with Crippen LogP contribution in [0.25, 0.3) is 0 Å². The maximum Gasteiger partial charge on any atom is 0.263 e. The van der Waals surface area contributed by atoms with E-state index in [1.165, 1.54) is 0 Å². The first-order valence-corrected chi connectivity index (χ1v) is 7.93. The number of carbonyl (C=O) groups is 1. The smallest absolute Gasteiger partial charge is 0.263 e. The van der Waals surface area contributed by atoms with Crippen molar-refractivity contribution in [3.05, 3.63) is 28.2 Å². The first-order valence-electron chi connectivity index (χ1n) is 7.13. The molecule has 1 aromatic carbocycles. The van der Waals surface area contributed by atoms with Gasteiger partial charge < -0.3 is 20.1 Å². The van der Waals surface area contributed by atoms with Crippen molar-refractivity contribution in [1.82, 2.24) is 4.90 Å². The molecule has 1 aromatic rings. The van der Waals surface area contributed by atoms with E-state index in [9.17, 15) is 4.79 Å². The molecule has 0 radical (unpaired) electrons. The molecule has 21 heavy (non-hydrogen) atoms. The maximum absolute atomic E-state index is 12.3. The van der Waals surface area contributed by atoms with E-state index < -0.39 is 6.10 Å². The van der Waals surface area contributed by atoms with E-state index in [-0.39, 0.29) is 5.91 Å². The summed E-state index contributed by atoms with van der Waals surface area (Å²) < 4.78 is 12.1. The van der Waals surface area contributed by atoms with E-state index in [0.29, 0.717) is 39.3 Å². The van der Waals surface area contributed by atoms with Crippen molar-refractivity contribution in [3.63, 3.8) is 0 Å².